The standard InChI is InChI=1S/C21H26N6O3/c1-22-19(28)16-13-27(20(29)14-5-6-18(30-2)24-11-14)12-15(16)17-7-8-23-21(25-17)26-9-3-4-10-26/h5-8,11,15-16H,3-4,9-10,12-13H2,1-2H3,(H,22,28)/t15-,16-/m1/s1. The molecule has 2 amide bonds. The van der Waals surface area contributed by atoms with E-state index in [-0.39, 0.29) is 23.7 Å². The Morgan fingerprint density at radius 2 is 1.93 bits per heavy atom. The monoisotopic (exact) mass is 410 g/mol. The van der Waals surface area contributed by atoms with Gasteiger partial charge in [0.2, 0.25) is 17.7 Å². The molecule has 0 radical (unpaired) electrons. The van der Waals surface area contributed by atoms with Crippen molar-refractivity contribution < 1.29 is 14.3 Å². The number of likely N-dealkylation sites (tertiary alicyclic amines) is 1. The highest BCUT2D eigenvalue weighted by atomic mass is 16.5. The molecule has 2 aromatic rings. The summed E-state index contributed by atoms with van der Waals surface area (Å²) in [4.78, 5) is 42.8. The van der Waals surface area contributed by atoms with Gasteiger partial charge in [-0.1, -0.05) is 0 Å². The number of pyridine rings is 1. The van der Waals surface area contributed by atoms with Crippen LogP contribution in [0.1, 0.15) is 34.8 Å². The van der Waals surface area contributed by atoms with Crippen LogP contribution in [0.15, 0.2) is 30.6 Å². The lowest BCUT2D eigenvalue weighted by Gasteiger charge is -2.19. The van der Waals surface area contributed by atoms with Gasteiger partial charge in [-0.25, -0.2) is 15.0 Å². The Morgan fingerprint density at radius 1 is 1.13 bits per heavy atom. The highest BCUT2D eigenvalue weighted by Gasteiger charge is 2.41. The van der Waals surface area contributed by atoms with Gasteiger partial charge < -0.3 is 19.9 Å². The number of hydrogen-bond donors (Lipinski definition) is 1. The van der Waals surface area contributed by atoms with E-state index in [0.29, 0.717) is 30.5 Å². The number of hydrogen-bond acceptors (Lipinski definition) is 7. The first-order valence-electron chi connectivity index (χ1n) is 10.2. The summed E-state index contributed by atoms with van der Waals surface area (Å²) in [6, 6.07) is 5.19. The molecule has 2 aromatic heterocycles. The Hall–Kier alpha value is -3.23. The molecule has 0 unspecified atom stereocenters. The van der Waals surface area contributed by atoms with Crippen LogP contribution in [0.2, 0.25) is 0 Å². The second-order valence-electron chi connectivity index (χ2n) is 7.60. The molecule has 4 heterocycles. The van der Waals surface area contributed by atoms with Crippen LogP contribution in [0.25, 0.3) is 0 Å². The second-order valence-corrected chi connectivity index (χ2v) is 7.60. The molecule has 30 heavy (non-hydrogen) atoms. The highest BCUT2D eigenvalue weighted by molar-refractivity contribution is 5.95. The fourth-order valence-corrected chi connectivity index (χ4v) is 4.17. The number of ether oxygens (including phenoxy) is 1. The SMILES string of the molecule is CNC(=O)[C@@H]1CN(C(=O)c2ccc(OC)nc2)C[C@H]1c1ccnc(N2CCCC2)n1. The van der Waals surface area contributed by atoms with Gasteiger partial charge in [0.15, 0.2) is 0 Å². The molecule has 158 valence electrons. The zero-order valence-corrected chi connectivity index (χ0v) is 17.2. The molecule has 0 spiro atoms. The van der Waals surface area contributed by atoms with Gasteiger partial charge in [0.05, 0.1) is 24.3 Å². The van der Waals surface area contributed by atoms with Gasteiger partial charge in [-0.2, -0.15) is 0 Å². The first-order chi connectivity index (χ1) is 14.6. The Balaban J connectivity index is 1.58. The van der Waals surface area contributed by atoms with Gasteiger partial charge in [-0.15, -0.1) is 0 Å². The summed E-state index contributed by atoms with van der Waals surface area (Å²) in [5.74, 6) is 0.338. The van der Waals surface area contributed by atoms with Crippen LogP contribution in [-0.4, -0.2) is 72.0 Å². The molecule has 0 bridgehead atoms. The van der Waals surface area contributed by atoms with Crippen LogP contribution in [-0.2, 0) is 4.79 Å². The molecule has 0 aromatic carbocycles. The van der Waals surface area contributed by atoms with Gasteiger partial charge >= 0.3 is 0 Å². The van der Waals surface area contributed by atoms with E-state index in [4.69, 9.17) is 9.72 Å². The fraction of sp³-hybridized carbons (Fsp3) is 0.476. The molecule has 2 aliphatic rings. The van der Waals surface area contributed by atoms with Crippen LogP contribution < -0.4 is 15.0 Å². The van der Waals surface area contributed by atoms with Crippen molar-refractivity contribution in [1.29, 1.82) is 0 Å². The highest BCUT2D eigenvalue weighted by Crippen LogP contribution is 2.33. The number of nitrogens with zero attached hydrogens (tertiary/aromatic N) is 5. The predicted octanol–water partition coefficient (Wildman–Crippen LogP) is 1.08. The second kappa shape index (κ2) is 8.64. The van der Waals surface area contributed by atoms with E-state index in [1.54, 1.807) is 30.3 Å². The smallest absolute Gasteiger partial charge is 0.255 e. The summed E-state index contributed by atoms with van der Waals surface area (Å²) in [6.45, 7) is 2.64. The van der Waals surface area contributed by atoms with Gasteiger partial charge in [0, 0.05) is 57.6 Å². The molecule has 0 aliphatic carbocycles. The summed E-state index contributed by atoms with van der Waals surface area (Å²) in [5.41, 5.74) is 1.26. The first kappa shape index (κ1) is 20.1. The van der Waals surface area contributed by atoms with Crippen molar-refractivity contribution in [3.63, 3.8) is 0 Å². The minimum atomic E-state index is -0.369. The molecular formula is C21H26N6O3. The third-order valence-electron chi connectivity index (χ3n) is 5.82. The van der Waals surface area contributed by atoms with Crippen molar-refractivity contribution in [3.8, 4) is 5.88 Å². The van der Waals surface area contributed by atoms with Crippen LogP contribution in [0.4, 0.5) is 5.95 Å². The average Bonchev–Trinajstić information content (AvgIpc) is 3.49. The van der Waals surface area contributed by atoms with Crippen LogP contribution >= 0.6 is 0 Å². The number of aromatic nitrogens is 3. The summed E-state index contributed by atoms with van der Waals surface area (Å²) in [5, 5.41) is 2.73. The Bertz CT molecular complexity index is 913. The number of carbonyl (C=O) groups excluding carboxylic acids is 2. The molecule has 9 heteroatoms. The molecule has 9 nitrogen and oxygen atoms in total. The maximum absolute atomic E-state index is 13.0. The zero-order chi connectivity index (χ0) is 21.1. The molecule has 2 fully saturated rings. The molecule has 2 atom stereocenters. The van der Waals surface area contributed by atoms with Crippen molar-refractivity contribution in [2.45, 2.75) is 18.8 Å². The van der Waals surface area contributed by atoms with E-state index < -0.39 is 0 Å². The number of anilines is 1. The molecule has 0 saturated carbocycles. The fourth-order valence-electron chi connectivity index (χ4n) is 4.17. The topological polar surface area (TPSA) is 101 Å². The molecule has 2 aliphatic heterocycles. The quantitative estimate of drug-likeness (QED) is 0.787. The normalized spacial score (nSPS) is 21.0. The summed E-state index contributed by atoms with van der Waals surface area (Å²) < 4.78 is 5.06. The van der Waals surface area contributed by atoms with Crippen molar-refractivity contribution in [3.05, 3.63) is 41.9 Å². The first-order valence-corrected chi connectivity index (χ1v) is 10.2. The molecule has 1 N–H and O–H groups in total. The van der Waals surface area contributed by atoms with Crippen molar-refractivity contribution in [2.24, 2.45) is 5.92 Å². The average molecular weight is 410 g/mol. The largest absolute Gasteiger partial charge is 0.481 e. The lowest BCUT2D eigenvalue weighted by atomic mass is 9.92. The molecule has 4 rings (SSSR count). The van der Waals surface area contributed by atoms with Gasteiger partial charge in [0.25, 0.3) is 5.91 Å². The van der Waals surface area contributed by atoms with Crippen molar-refractivity contribution in [2.75, 3.05) is 45.2 Å². The summed E-state index contributed by atoms with van der Waals surface area (Å²) in [6.07, 6.45) is 5.51. The van der Waals surface area contributed by atoms with Crippen LogP contribution in [0.5, 0.6) is 5.88 Å². The van der Waals surface area contributed by atoms with Gasteiger partial charge in [0.1, 0.15) is 0 Å². The Kier molecular flexibility index (Phi) is 5.78. The summed E-state index contributed by atoms with van der Waals surface area (Å²) >= 11 is 0. The van der Waals surface area contributed by atoms with E-state index in [2.05, 4.69) is 20.2 Å². The Labute approximate surface area is 175 Å². The van der Waals surface area contributed by atoms with Gasteiger partial charge in [-0.3, -0.25) is 9.59 Å². The lowest BCUT2D eigenvalue weighted by Crippen LogP contribution is -2.33. The van der Waals surface area contributed by atoms with Crippen LogP contribution in [0, 0.1) is 5.92 Å². The third-order valence-corrected chi connectivity index (χ3v) is 5.82. The van der Waals surface area contributed by atoms with E-state index in [1.807, 2.05) is 6.07 Å². The lowest BCUT2D eigenvalue weighted by molar-refractivity contribution is -0.124. The maximum Gasteiger partial charge on any atom is 0.255 e. The summed E-state index contributed by atoms with van der Waals surface area (Å²) in [7, 11) is 3.15. The van der Waals surface area contributed by atoms with Gasteiger partial charge in [-0.05, 0) is 25.0 Å². The van der Waals surface area contributed by atoms with Crippen molar-refractivity contribution in [1.82, 2.24) is 25.2 Å². The molecule has 2 saturated heterocycles. The molecular weight excluding hydrogens is 384 g/mol. The van der Waals surface area contributed by atoms with Crippen molar-refractivity contribution >= 4 is 17.8 Å². The third kappa shape index (κ3) is 3.92. The number of amides is 2. The maximum atomic E-state index is 13.0. The number of carbonyl (C=O) groups is 2. The number of rotatable bonds is 5. The minimum Gasteiger partial charge on any atom is -0.481 e. The van der Waals surface area contributed by atoms with Crippen LogP contribution in [0.3, 0.4) is 0 Å². The predicted molar refractivity (Wildman–Crippen MR) is 110 cm³/mol. The number of methoxy groups -OCH3 is 1. The van der Waals surface area contributed by atoms with E-state index in [0.717, 1.165) is 31.6 Å². The van der Waals surface area contributed by atoms with E-state index in [1.165, 1.54) is 13.3 Å². The van der Waals surface area contributed by atoms with E-state index in [9.17, 15) is 9.59 Å². The Morgan fingerprint density at radius 3 is 2.60 bits per heavy atom. The zero-order valence-electron chi connectivity index (χ0n) is 17.2. The number of nitrogens with one attached hydrogen (secondary N) is 1. The van der Waals surface area contributed by atoms with E-state index >= 15 is 0 Å². The minimum absolute atomic E-state index is 0.0931.